The van der Waals surface area contributed by atoms with Crippen LogP contribution in [0.15, 0.2) is 78.9 Å². The normalized spacial score (nSPS) is 11.1. The highest BCUT2D eigenvalue weighted by molar-refractivity contribution is 5.77. The van der Waals surface area contributed by atoms with Gasteiger partial charge in [-0.05, 0) is 48.2 Å². The van der Waals surface area contributed by atoms with E-state index >= 15 is 0 Å². The lowest BCUT2D eigenvalue weighted by molar-refractivity contribution is -0.123. The molecule has 1 aromatic heterocycles. The number of carbonyl (C=O) groups excluding carboxylic acids is 1. The van der Waals surface area contributed by atoms with Gasteiger partial charge >= 0.3 is 0 Å². The molecule has 4 rings (SSSR count). The number of para-hydroxylation sites is 4. The van der Waals surface area contributed by atoms with Crippen LogP contribution in [0.1, 0.15) is 37.6 Å². The summed E-state index contributed by atoms with van der Waals surface area (Å²) < 4.78 is 13.9. The van der Waals surface area contributed by atoms with Crippen molar-refractivity contribution < 1.29 is 14.3 Å². The molecular weight excluding hydrogens is 438 g/mol. The highest BCUT2D eigenvalue weighted by Crippen LogP contribution is 2.26. The molecule has 0 fully saturated rings. The molecule has 35 heavy (non-hydrogen) atoms. The molecule has 0 bridgehead atoms. The van der Waals surface area contributed by atoms with E-state index < -0.39 is 0 Å². The topological polar surface area (TPSA) is 65.4 Å². The molecule has 0 aliphatic carbocycles. The molecule has 0 aliphatic rings. The maximum atomic E-state index is 12.1. The summed E-state index contributed by atoms with van der Waals surface area (Å²) >= 11 is 0. The maximum absolute atomic E-state index is 12.1. The molecule has 6 nitrogen and oxygen atoms in total. The van der Waals surface area contributed by atoms with Crippen molar-refractivity contribution in [1.82, 2.24) is 14.9 Å². The van der Waals surface area contributed by atoms with E-state index in [-0.39, 0.29) is 12.5 Å². The molecule has 0 saturated heterocycles. The number of rotatable bonds is 12. The minimum atomic E-state index is -0.125. The Kier molecular flexibility index (Phi) is 8.39. The monoisotopic (exact) mass is 471 g/mol. The summed E-state index contributed by atoms with van der Waals surface area (Å²) in [5.74, 6) is 2.91. The lowest BCUT2D eigenvalue weighted by Crippen LogP contribution is -2.30. The molecule has 1 amide bonds. The first-order valence-corrected chi connectivity index (χ1v) is 12.2. The fourth-order valence-electron chi connectivity index (χ4n) is 4.09. The van der Waals surface area contributed by atoms with Gasteiger partial charge in [0.05, 0.1) is 17.6 Å². The molecule has 6 heteroatoms. The summed E-state index contributed by atoms with van der Waals surface area (Å²) in [6.07, 6.45) is 1.55. The summed E-state index contributed by atoms with van der Waals surface area (Å²) in [5.41, 5.74) is 3.30. The SMILES string of the molecule is CC(C)c1ccccc1OCCn1c(CCCNC(=O)COc2ccccc2)nc2ccccc21. The fraction of sp³-hybridized carbons (Fsp3) is 0.310. The predicted molar refractivity (Wildman–Crippen MR) is 139 cm³/mol. The average molecular weight is 472 g/mol. The number of fused-ring (bicyclic) bond motifs is 1. The second-order valence-electron chi connectivity index (χ2n) is 8.76. The Hall–Kier alpha value is -3.80. The van der Waals surface area contributed by atoms with Gasteiger partial charge in [-0.25, -0.2) is 4.98 Å². The minimum absolute atomic E-state index is 0.0116. The van der Waals surface area contributed by atoms with Crippen molar-refractivity contribution in [2.45, 2.75) is 39.2 Å². The zero-order valence-electron chi connectivity index (χ0n) is 20.4. The van der Waals surface area contributed by atoms with Crippen molar-refractivity contribution in [3.63, 3.8) is 0 Å². The van der Waals surface area contributed by atoms with E-state index in [0.717, 1.165) is 35.4 Å². The third-order valence-electron chi connectivity index (χ3n) is 5.86. The van der Waals surface area contributed by atoms with E-state index in [1.54, 1.807) is 0 Å². The molecule has 1 heterocycles. The number of amides is 1. The number of hydrogen-bond donors (Lipinski definition) is 1. The van der Waals surface area contributed by atoms with E-state index in [9.17, 15) is 4.79 Å². The van der Waals surface area contributed by atoms with Crippen LogP contribution in [0.2, 0.25) is 0 Å². The van der Waals surface area contributed by atoms with Gasteiger partial charge in [-0.3, -0.25) is 4.79 Å². The Morgan fingerprint density at radius 1 is 0.943 bits per heavy atom. The quantitative estimate of drug-likeness (QED) is 0.282. The number of ether oxygens (including phenoxy) is 2. The molecule has 0 aliphatic heterocycles. The molecule has 3 aromatic carbocycles. The van der Waals surface area contributed by atoms with Crippen LogP contribution >= 0.6 is 0 Å². The van der Waals surface area contributed by atoms with Gasteiger partial charge in [-0.2, -0.15) is 0 Å². The number of nitrogens with zero attached hydrogens (tertiary/aromatic N) is 2. The van der Waals surface area contributed by atoms with Crippen LogP contribution < -0.4 is 14.8 Å². The highest BCUT2D eigenvalue weighted by Gasteiger charge is 2.12. The minimum Gasteiger partial charge on any atom is -0.491 e. The van der Waals surface area contributed by atoms with Gasteiger partial charge in [0.2, 0.25) is 0 Å². The molecule has 182 valence electrons. The second kappa shape index (κ2) is 12.1. The van der Waals surface area contributed by atoms with E-state index in [1.807, 2.05) is 60.7 Å². The first-order chi connectivity index (χ1) is 17.1. The van der Waals surface area contributed by atoms with Crippen LogP contribution in [0.5, 0.6) is 11.5 Å². The van der Waals surface area contributed by atoms with Crippen molar-refractivity contribution in [3.8, 4) is 11.5 Å². The Balaban J connectivity index is 1.31. The highest BCUT2D eigenvalue weighted by atomic mass is 16.5. The fourth-order valence-corrected chi connectivity index (χ4v) is 4.09. The van der Waals surface area contributed by atoms with Gasteiger partial charge in [0.25, 0.3) is 5.91 Å². The lowest BCUT2D eigenvalue weighted by atomic mass is 10.0. The number of benzene rings is 3. The standard InChI is InChI=1S/C29H33N3O3/c1-22(2)24-13-6-9-16-27(24)34-20-19-32-26-15-8-7-14-25(26)31-28(32)17-10-18-30-29(33)21-35-23-11-4-3-5-12-23/h3-9,11-16,22H,10,17-21H2,1-2H3,(H,30,33). The Bertz CT molecular complexity index is 1230. The van der Waals surface area contributed by atoms with Crippen molar-refractivity contribution in [3.05, 3.63) is 90.3 Å². The van der Waals surface area contributed by atoms with E-state index in [1.165, 1.54) is 5.56 Å². The van der Waals surface area contributed by atoms with E-state index in [0.29, 0.717) is 31.4 Å². The molecule has 0 radical (unpaired) electrons. The number of imidazole rings is 1. The first-order valence-electron chi connectivity index (χ1n) is 12.2. The van der Waals surface area contributed by atoms with Crippen molar-refractivity contribution in [1.29, 1.82) is 0 Å². The molecule has 0 saturated carbocycles. The predicted octanol–water partition coefficient (Wildman–Crippen LogP) is 5.37. The van der Waals surface area contributed by atoms with Crippen LogP contribution in [-0.2, 0) is 17.8 Å². The largest absolute Gasteiger partial charge is 0.491 e. The van der Waals surface area contributed by atoms with Crippen molar-refractivity contribution in [2.24, 2.45) is 0 Å². The Labute approximate surface area is 206 Å². The van der Waals surface area contributed by atoms with Gasteiger partial charge in [0.1, 0.15) is 23.9 Å². The lowest BCUT2D eigenvalue weighted by Gasteiger charge is -2.15. The average Bonchev–Trinajstić information content (AvgIpc) is 3.23. The zero-order chi connectivity index (χ0) is 24.5. The molecule has 0 unspecified atom stereocenters. The summed E-state index contributed by atoms with van der Waals surface area (Å²) in [6, 6.07) is 25.7. The number of aromatic nitrogens is 2. The molecule has 4 aromatic rings. The summed E-state index contributed by atoms with van der Waals surface area (Å²) in [5, 5.41) is 2.93. The summed E-state index contributed by atoms with van der Waals surface area (Å²) in [4.78, 5) is 17.0. The number of nitrogens with one attached hydrogen (secondary N) is 1. The van der Waals surface area contributed by atoms with Crippen molar-refractivity contribution >= 4 is 16.9 Å². The molecule has 0 atom stereocenters. The zero-order valence-corrected chi connectivity index (χ0v) is 20.4. The Morgan fingerprint density at radius 2 is 1.69 bits per heavy atom. The second-order valence-corrected chi connectivity index (χ2v) is 8.76. The maximum Gasteiger partial charge on any atom is 0.257 e. The van der Waals surface area contributed by atoms with Gasteiger partial charge in [-0.1, -0.05) is 62.4 Å². The van der Waals surface area contributed by atoms with Gasteiger partial charge in [0.15, 0.2) is 6.61 Å². The smallest absolute Gasteiger partial charge is 0.257 e. The van der Waals surface area contributed by atoms with Crippen LogP contribution in [-0.4, -0.2) is 35.2 Å². The van der Waals surface area contributed by atoms with Crippen LogP contribution in [0.3, 0.4) is 0 Å². The third kappa shape index (κ3) is 6.63. The van der Waals surface area contributed by atoms with Crippen molar-refractivity contribution in [2.75, 3.05) is 19.8 Å². The van der Waals surface area contributed by atoms with E-state index in [2.05, 4.69) is 41.9 Å². The van der Waals surface area contributed by atoms with Crippen LogP contribution in [0.4, 0.5) is 0 Å². The molecule has 0 spiro atoms. The number of hydrogen-bond acceptors (Lipinski definition) is 4. The van der Waals surface area contributed by atoms with Crippen LogP contribution in [0.25, 0.3) is 11.0 Å². The molecular formula is C29H33N3O3. The number of aryl methyl sites for hydroxylation is 1. The Morgan fingerprint density at radius 3 is 2.51 bits per heavy atom. The van der Waals surface area contributed by atoms with E-state index in [4.69, 9.17) is 14.5 Å². The number of carbonyl (C=O) groups is 1. The first kappa shape index (κ1) is 24.3. The summed E-state index contributed by atoms with van der Waals surface area (Å²) in [7, 11) is 0. The summed E-state index contributed by atoms with van der Waals surface area (Å²) in [6.45, 7) is 6.20. The van der Waals surface area contributed by atoms with Gasteiger partial charge < -0.3 is 19.4 Å². The third-order valence-corrected chi connectivity index (χ3v) is 5.86. The van der Waals surface area contributed by atoms with Gasteiger partial charge in [0, 0.05) is 13.0 Å². The molecule has 1 N–H and O–H groups in total. The van der Waals surface area contributed by atoms with Crippen LogP contribution in [0, 0.1) is 0 Å². The van der Waals surface area contributed by atoms with Gasteiger partial charge in [-0.15, -0.1) is 0 Å².